The van der Waals surface area contributed by atoms with Crippen LogP contribution in [-0.4, -0.2) is 49.0 Å². The molecule has 26 heavy (non-hydrogen) atoms. The number of nitrogens with one attached hydrogen (secondary N) is 1. The quantitative estimate of drug-likeness (QED) is 0.902. The average Bonchev–Trinajstić information content (AvgIpc) is 3.32. The minimum atomic E-state index is -0.0895. The van der Waals surface area contributed by atoms with Crippen molar-refractivity contribution in [2.45, 2.75) is 50.9 Å². The van der Waals surface area contributed by atoms with E-state index in [2.05, 4.69) is 22.1 Å². The highest BCUT2D eigenvalue weighted by molar-refractivity contribution is 5.92. The van der Waals surface area contributed by atoms with Crippen LogP contribution >= 0.6 is 0 Å². The molecular formula is C19H25N5O2. The minimum absolute atomic E-state index is 0.0885. The summed E-state index contributed by atoms with van der Waals surface area (Å²) < 4.78 is 3.65. The Balaban J connectivity index is 1.44. The zero-order chi connectivity index (χ0) is 18.3. The number of nitrogens with zero attached hydrogens (tertiary/aromatic N) is 4. The van der Waals surface area contributed by atoms with E-state index in [1.807, 2.05) is 36.1 Å². The Morgan fingerprint density at radius 2 is 2.04 bits per heavy atom. The first kappa shape index (κ1) is 16.9. The topological polar surface area (TPSA) is 72.2 Å². The minimum Gasteiger partial charge on any atom is -0.348 e. The number of aryl methyl sites for hydroxylation is 1. The molecule has 0 radical (unpaired) electrons. The molecule has 7 nitrogen and oxygen atoms in total. The third kappa shape index (κ3) is 2.91. The summed E-state index contributed by atoms with van der Waals surface area (Å²) in [5.41, 5.74) is 0.565. The number of rotatable bonds is 4. The van der Waals surface area contributed by atoms with Crippen molar-refractivity contribution in [1.29, 1.82) is 0 Å². The van der Waals surface area contributed by atoms with E-state index in [1.165, 1.54) is 0 Å². The van der Waals surface area contributed by atoms with Gasteiger partial charge >= 0.3 is 0 Å². The second-order valence-corrected chi connectivity index (χ2v) is 7.52. The zero-order valence-electron chi connectivity index (χ0n) is 15.2. The SMILES string of the molecule is CC1C(NC(=O)c2cncn2C)CC2CCC1N2C(=O)Cn1cccc1. The predicted molar refractivity (Wildman–Crippen MR) is 96.3 cm³/mol. The first-order valence-electron chi connectivity index (χ1n) is 9.23. The van der Waals surface area contributed by atoms with E-state index in [-0.39, 0.29) is 35.9 Å². The molecule has 4 heterocycles. The van der Waals surface area contributed by atoms with Gasteiger partial charge in [0.15, 0.2) is 0 Å². The van der Waals surface area contributed by atoms with Crippen LogP contribution in [0.2, 0.25) is 0 Å². The molecule has 0 aromatic carbocycles. The van der Waals surface area contributed by atoms with Gasteiger partial charge < -0.3 is 19.4 Å². The third-order valence-corrected chi connectivity index (χ3v) is 5.95. The van der Waals surface area contributed by atoms with Crippen molar-refractivity contribution in [3.63, 3.8) is 0 Å². The standard InChI is InChI=1S/C19H25N5O2/c1-13-15(21-19(26)17-10-20-12-22(17)2)9-14-5-6-16(13)24(14)18(25)11-23-7-3-4-8-23/h3-4,7-8,10,12-16H,5-6,9,11H2,1-2H3,(H,21,26). The molecule has 2 saturated heterocycles. The van der Waals surface area contributed by atoms with Gasteiger partial charge in [-0.1, -0.05) is 6.92 Å². The van der Waals surface area contributed by atoms with Crippen LogP contribution in [0.15, 0.2) is 37.1 Å². The maximum Gasteiger partial charge on any atom is 0.269 e. The molecule has 2 fully saturated rings. The molecule has 2 aliphatic heterocycles. The number of aromatic nitrogens is 3. The van der Waals surface area contributed by atoms with Crippen molar-refractivity contribution in [3.05, 3.63) is 42.7 Å². The molecule has 2 aromatic rings. The van der Waals surface area contributed by atoms with E-state index in [9.17, 15) is 9.59 Å². The number of hydrogen-bond acceptors (Lipinski definition) is 3. The molecule has 2 amide bonds. The number of imidazole rings is 1. The molecular weight excluding hydrogens is 330 g/mol. The summed E-state index contributed by atoms with van der Waals surface area (Å²) in [6.07, 6.45) is 9.91. The fourth-order valence-electron chi connectivity index (χ4n) is 4.55. The summed E-state index contributed by atoms with van der Waals surface area (Å²) in [5, 5.41) is 3.17. The lowest BCUT2D eigenvalue weighted by Crippen LogP contribution is -2.57. The van der Waals surface area contributed by atoms with Gasteiger partial charge in [0, 0.05) is 37.6 Å². The van der Waals surface area contributed by atoms with Crippen molar-refractivity contribution in [1.82, 2.24) is 24.3 Å². The summed E-state index contributed by atoms with van der Waals surface area (Å²) >= 11 is 0. The van der Waals surface area contributed by atoms with E-state index < -0.39 is 0 Å². The maximum atomic E-state index is 12.8. The lowest BCUT2D eigenvalue weighted by Gasteiger charge is -2.43. The van der Waals surface area contributed by atoms with Crippen molar-refractivity contribution in [3.8, 4) is 0 Å². The Kier molecular flexibility index (Phi) is 4.30. The van der Waals surface area contributed by atoms with Crippen LogP contribution < -0.4 is 5.32 Å². The van der Waals surface area contributed by atoms with E-state index in [0.29, 0.717) is 12.2 Å². The zero-order valence-corrected chi connectivity index (χ0v) is 15.2. The second-order valence-electron chi connectivity index (χ2n) is 7.52. The first-order valence-corrected chi connectivity index (χ1v) is 9.23. The first-order chi connectivity index (χ1) is 12.5. The number of piperidine rings is 1. The summed E-state index contributed by atoms with van der Waals surface area (Å²) in [6.45, 7) is 2.54. The highest BCUT2D eigenvalue weighted by atomic mass is 16.2. The number of carbonyl (C=O) groups excluding carboxylic acids is 2. The molecule has 0 spiro atoms. The molecule has 7 heteroatoms. The molecule has 4 unspecified atom stereocenters. The van der Waals surface area contributed by atoms with Crippen LogP contribution in [0.3, 0.4) is 0 Å². The van der Waals surface area contributed by atoms with Crippen LogP contribution in [-0.2, 0) is 18.4 Å². The van der Waals surface area contributed by atoms with Crippen LogP contribution in [0.5, 0.6) is 0 Å². The Bertz CT molecular complexity index is 797. The largest absolute Gasteiger partial charge is 0.348 e. The number of carbonyl (C=O) groups is 2. The van der Waals surface area contributed by atoms with Crippen molar-refractivity contribution >= 4 is 11.8 Å². The number of fused-ring (bicyclic) bond motifs is 2. The molecule has 4 atom stereocenters. The summed E-state index contributed by atoms with van der Waals surface area (Å²) in [6, 6.07) is 4.38. The molecule has 138 valence electrons. The number of hydrogen-bond donors (Lipinski definition) is 1. The van der Waals surface area contributed by atoms with Crippen LogP contribution in [0, 0.1) is 5.92 Å². The van der Waals surface area contributed by atoms with E-state index in [4.69, 9.17) is 0 Å². The van der Waals surface area contributed by atoms with E-state index in [0.717, 1.165) is 19.3 Å². The molecule has 2 aliphatic rings. The van der Waals surface area contributed by atoms with Gasteiger partial charge in [0.25, 0.3) is 5.91 Å². The Morgan fingerprint density at radius 3 is 2.73 bits per heavy atom. The Morgan fingerprint density at radius 1 is 1.27 bits per heavy atom. The summed E-state index contributed by atoms with van der Waals surface area (Å²) in [7, 11) is 1.82. The van der Waals surface area contributed by atoms with Gasteiger partial charge in [-0.3, -0.25) is 9.59 Å². The van der Waals surface area contributed by atoms with E-state index >= 15 is 0 Å². The predicted octanol–water partition coefficient (Wildman–Crippen LogP) is 1.42. The van der Waals surface area contributed by atoms with E-state index in [1.54, 1.807) is 17.1 Å². The average molecular weight is 355 g/mol. The fourth-order valence-corrected chi connectivity index (χ4v) is 4.55. The molecule has 4 rings (SSSR count). The van der Waals surface area contributed by atoms with Gasteiger partial charge in [-0.15, -0.1) is 0 Å². The van der Waals surface area contributed by atoms with Crippen molar-refractivity contribution in [2.24, 2.45) is 13.0 Å². The van der Waals surface area contributed by atoms with Crippen LogP contribution in [0.25, 0.3) is 0 Å². The lowest BCUT2D eigenvalue weighted by atomic mass is 9.86. The molecule has 0 aliphatic carbocycles. The number of amides is 2. The van der Waals surface area contributed by atoms with Crippen molar-refractivity contribution in [2.75, 3.05) is 0 Å². The van der Waals surface area contributed by atoms with Gasteiger partial charge in [0.05, 0.1) is 12.5 Å². The summed E-state index contributed by atoms with van der Waals surface area (Å²) in [4.78, 5) is 31.5. The van der Waals surface area contributed by atoms with Gasteiger partial charge in [-0.05, 0) is 37.3 Å². The molecule has 2 aromatic heterocycles. The maximum absolute atomic E-state index is 12.8. The fraction of sp³-hybridized carbons (Fsp3) is 0.526. The Labute approximate surface area is 153 Å². The second kappa shape index (κ2) is 6.63. The smallest absolute Gasteiger partial charge is 0.269 e. The monoisotopic (exact) mass is 355 g/mol. The lowest BCUT2D eigenvalue weighted by molar-refractivity contribution is -0.138. The van der Waals surface area contributed by atoms with Gasteiger partial charge in [0.2, 0.25) is 5.91 Å². The summed E-state index contributed by atoms with van der Waals surface area (Å²) in [5.74, 6) is 0.324. The molecule has 0 saturated carbocycles. The van der Waals surface area contributed by atoms with Crippen LogP contribution in [0.4, 0.5) is 0 Å². The highest BCUT2D eigenvalue weighted by Crippen LogP contribution is 2.39. The van der Waals surface area contributed by atoms with Gasteiger partial charge in [-0.2, -0.15) is 0 Å². The Hall–Kier alpha value is -2.57. The molecule has 2 bridgehead atoms. The highest BCUT2D eigenvalue weighted by Gasteiger charge is 2.47. The molecule has 1 N–H and O–H groups in total. The van der Waals surface area contributed by atoms with Gasteiger partial charge in [0.1, 0.15) is 12.2 Å². The third-order valence-electron chi connectivity index (χ3n) is 5.95. The normalized spacial score (nSPS) is 27.5. The van der Waals surface area contributed by atoms with Gasteiger partial charge in [-0.25, -0.2) is 4.98 Å². The van der Waals surface area contributed by atoms with Crippen molar-refractivity contribution < 1.29 is 9.59 Å². The van der Waals surface area contributed by atoms with Crippen LogP contribution in [0.1, 0.15) is 36.7 Å².